The molecule has 0 aliphatic rings. The molecule has 8 heteroatoms. The van der Waals surface area contributed by atoms with Crippen LogP contribution in [0, 0.1) is 0 Å². The average molecular weight is 425 g/mol. The number of amides is 2. The topological polar surface area (TPSA) is 79.5 Å². The van der Waals surface area contributed by atoms with Crippen LogP contribution in [-0.2, 0) is 0 Å². The standard InChI is InChI=1S/C23H21F2N3O3/c1-2-26-21(29)15-7-9-17(10-8-15)28-22(30)19-5-3-4-6-20(19)27-16-11-13-18(14-12-16)31-23(24)25/h3-14,23,27H,2H2,1H3,(H,26,29)(H,28,30). The first-order valence-corrected chi connectivity index (χ1v) is 9.57. The summed E-state index contributed by atoms with van der Waals surface area (Å²) in [4.78, 5) is 24.6. The summed E-state index contributed by atoms with van der Waals surface area (Å²) >= 11 is 0. The Morgan fingerprint density at radius 1 is 0.871 bits per heavy atom. The maximum Gasteiger partial charge on any atom is 0.387 e. The number of para-hydroxylation sites is 1. The fraction of sp³-hybridized carbons (Fsp3) is 0.130. The van der Waals surface area contributed by atoms with Crippen LogP contribution in [0.3, 0.4) is 0 Å². The largest absolute Gasteiger partial charge is 0.435 e. The third-order valence-corrected chi connectivity index (χ3v) is 4.27. The van der Waals surface area contributed by atoms with Crippen LogP contribution in [0.4, 0.5) is 25.8 Å². The lowest BCUT2D eigenvalue weighted by molar-refractivity contribution is -0.0498. The Morgan fingerprint density at radius 2 is 1.52 bits per heavy atom. The smallest absolute Gasteiger partial charge is 0.387 e. The van der Waals surface area contributed by atoms with Gasteiger partial charge in [-0.05, 0) is 67.6 Å². The molecule has 0 spiro atoms. The number of rotatable bonds is 8. The maximum atomic E-state index is 12.8. The molecular weight excluding hydrogens is 404 g/mol. The van der Waals surface area contributed by atoms with E-state index in [1.54, 1.807) is 60.7 Å². The Kier molecular flexibility index (Phi) is 7.16. The first kappa shape index (κ1) is 21.8. The van der Waals surface area contributed by atoms with Crippen molar-refractivity contribution >= 4 is 28.9 Å². The number of ether oxygens (including phenoxy) is 1. The second-order valence-electron chi connectivity index (χ2n) is 6.46. The molecule has 0 aromatic heterocycles. The first-order chi connectivity index (χ1) is 15.0. The van der Waals surface area contributed by atoms with Crippen molar-refractivity contribution in [3.8, 4) is 5.75 Å². The van der Waals surface area contributed by atoms with Crippen LogP contribution in [0.25, 0.3) is 0 Å². The summed E-state index contributed by atoms with van der Waals surface area (Å²) in [7, 11) is 0. The number of carbonyl (C=O) groups excluding carboxylic acids is 2. The molecule has 3 aromatic rings. The van der Waals surface area contributed by atoms with E-state index in [-0.39, 0.29) is 17.6 Å². The molecule has 3 rings (SSSR count). The van der Waals surface area contributed by atoms with E-state index in [1.807, 2.05) is 6.92 Å². The molecule has 0 unspecified atom stereocenters. The Hall–Kier alpha value is -3.94. The van der Waals surface area contributed by atoms with Crippen LogP contribution in [0.5, 0.6) is 5.75 Å². The molecule has 0 atom stereocenters. The number of alkyl halides is 2. The van der Waals surface area contributed by atoms with Crippen LogP contribution in [-0.4, -0.2) is 25.0 Å². The normalized spacial score (nSPS) is 10.5. The van der Waals surface area contributed by atoms with Gasteiger partial charge in [0, 0.05) is 23.5 Å². The summed E-state index contributed by atoms with van der Waals surface area (Å²) in [6.07, 6.45) is 0. The van der Waals surface area contributed by atoms with E-state index in [2.05, 4.69) is 20.7 Å². The van der Waals surface area contributed by atoms with Crippen LogP contribution in [0.2, 0.25) is 0 Å². The lowest BCUT2D eigenvalue weighted by Crippen LogP contribution is -2.22. The fourth-order valence-corrected chi connectivity index (χ4v) is 2.83. The number of nitrogens with one attached hydrogen (secondary N) is 3. The molecular formula is C23H21F2N3O3. The van der Waals surface area contributed by atoms with Crippen molar-refractivity contribution in [1.82, 2.24) is 5.32 Å². The van der Waals surface area contributed by atoms with Gasteiger partial charge in [-0.2, -0.15) is 8.78 Å². The Labute approximate surface area is 178 Å². The predicted molar refractivity (Wildman–Crippen MR) is 115 cm³/mol. The highest BCUT2D eigenvalue weighted by molar-refractivity contribution is 6.08. The quantitative estimate of drug-likeness (QED) is 0.473. The minimum absolute atomic E-state index is 0.0441. The summed E-state index contributed by atoms with van der Waals surface area (Å²) in [5.41, 5.74) is 2.58. The molecule has 0 bridgehead atoms. The third-order valence-electron chi connectivity index (χ3n) is 4.27. The van der Waals surface area contributed by atoms with Crippen molar-refractivity contribution < 1.29 is 23.1 Å². The lowest BCUT2D eigenvalue weighted by atomic mass is 10.1. The molecule has 31 heavy (non-hydrogen) atoms. The Morgan fingerprint density at radius 3 is 2.16 bits per heavy atom. The van der Waals surface area contributed by atoms with Gasteiger partial charge in [-0.25, -0.2) is 0 Å². The van der Waals surface area contributed by atoms with Gasteiger partial charge in [0.05, 0.1) is 11.3 Å². The zero-order valence-corrected chi connectivity index (χ0v) is 16.7. The van der Waals surface area contributed by atoms with Crippen molar-refractivity contribution in [3.63, 3.8) is 0 Å². The molecule has 2 amide bonds. The summed E-state index contributed by atoms with van der Waals surface area (Å²) in [5.74, 6) is -0.478. The summed E-state index contributed by atoms with van der Waals surface area (Å²) in [6, 6.07) is 19.4. The molecule has 0 fully saturated rings. The second kappa shape index (κ2) is 10.2. The molecule has 0 saturated heterocycles. The molecule has 3 aromatic carbocycles. The number of hydrogen-bond acceptors (Lipinski definition) is 4. The van der Waals surface area contributed by atoms with E-state index in [1.165, 1.54) is 12.1 Å². The van der Waals surface area contributed by atoms with E-state index in [0.717, 1.165) is 0 Å². The molecule has 0 radical (unpaired) electrons. The number of halogens is 2. The first-order valence-electron chi connectivity index (χ1n) is 9.57. The number of carbonyl (C=O) groups is 2. The van der Waals surface area contributed by atoms with Crippen molar-refractivity contribution in [1.29, 1.82) is 0 Å². The average Bonchev–Trinajstić information content (AvgIpc) is 2.76. The van der Waals surface area contributed by atoms with Crippen molar-refractivity contribution in [2.75, 3.05) is 17.2 Å². The molecule has 3 N–H and O–H groups in total. The monoisotopic (exact) mass is 425 g/mol. The van der Waals surface area contributed by atoms with Gasteiger partial charge in [-0.15, -0.1) is 0 Å². The number of benzene rings is 3. The summed E-state index contributed by atoms with van der Waals surface area (Å²) in [6.45, 7) is -0.523. The molecule has 0 aliphatic carbocycles. The van der Waals surface area contributed by atoms with Crippen LogP contribution in [0.1, 0.15) is 27.6 Å². The number of hydrogen-bond donors (Lipinski definition) is 3. The zero-order chi connectivity index (χ0) is 22.2. The summed E-state index contributed by atoms with van der Waals surface area (Å²) in [5, 5.41) is 8.61. The van der Waals surface area contributed by atoms with Gasteiger partial charge >= 0.3 is 6.61 Å². The molecule has 0 saturated carbocycles. The van der Waals surface area contributed by atoms with Crippen molar-refractivity contribution in [2.24, 2.45) is 0 Å². The van der Waals surface area contributed by atoms with Gasteiger partial charge in [-0.3, -0.25) is 9.59 Å². The van der Waals surface area contributed by atoms with Gasteiger partial charge in [-0.1, -0.05) is 12.1 Å². The SMILES string of the molecule is CCNC(=O)c1ccc(NC(=O)c2ccccc2Nc2ccc(OC(F)F)cc2)cc1. The van der Waals surface area contributed by atoms with Gasteiger partial charge in [0.15, 0.2) is 0 Å². The molecule has 160 valence electrons. The van der Waals surface area contributed by atoms with Gasteiger partial charge < -0.3 is 20.7 Å². The predicted octanol–water partition coefficient (Wildman–Crippen LogP) is 5.03. The van der Waals surface area contributed by atoms with Crippen LogP contribution < -0.4 is 20.7 Å². The lowest BCUT2D eigenvalue weighted by Gasteiger charge is -2.13. The Balaban J connectivity index is 1.70. The van der Waals surface area contributed by atoms with Gasteiger partial charge in [0.2, 0.25) is 0 Å². The highest BCUT2D eigenvalue weighted by Gasteiger charge is 2.12. The second-order valence-corrected chi connectivity index (χ2v) is 6.46. The highest BCUT2D eigenvalue weighted by atomic mass is 19.3. The van der Waals surface area contributed by atoms with Crippen LogP contribution in [0.15, 0.2) is 72.8 Å². The van der Waals surface area contributed by atoms with Crippen molar-refractivity contribution in [2.45, 2.75) is 13.5 Å². The number of anilines is 3. The third kappa shape index (κ3) is 6.02. The van der Waals surface area contributed by atoms with E-state index in [4.69, 9.17) is 0 Å². The van der Waals surface area contributed by atoms with E-state index >= 15 is 0 Å². The minimum Gasteiger partial charge on any atom is -0.435 e. The molecule has 0 aliphatic heterocycles. The zero-order valence-electron chi connectivity index (χ0n) is 16.7. The maximum absolute atomic E-state index is 12.8. The van der Waals surface area contributed by atoms with Gasteiger partial charge in [0.1, 0.15) is 5.75 Å². The summed E-state index contributed by atoms with van der Waals surface area (Å²) < 4.78 is 28.9. The van der Waals surface area contributed by atoms with E-state index in [9.17, 15) is 18.4 Å². The molecule has 0 heterocycles. The van der Waals surface area contributed by atoms with E-state index in [0.29, 0.717) is 34.7 Å². The fourth-order valence-electron chi connectivity index (χ4n) is 2.83. The van der Waals surface area contributed by atoms with Crippen molar-refractivity contribution in [3.05, 3.63) is 83.9 Å². The highest BCUT2D eigenvalue weighted by Crippen LogP contribution is 2.24. The van der Waals surface area contributed by atoms with E-state index < -0.39 is 6.61 Å². The Bertz CT molecular complexity index is 1040. The minimum atomic E-state index is -2.89. The van der Waals surface area contributed by atoms with Gasteiger partial charge in [0.25, 0.3) is 11.8 Å². The molecule has 6 nitrogen and oxygen atoms in total. The van der Waals surface area contributed by atoms with Crippen LogP contribution >= 0.6 is 0 Å².